The Morgan fingerprint density at radius 2 is 2.05 bits per heavy atom. The molecule has 2 unspecified atom stereocenters. The van der Waals surface area contributed by atoms with Gasteiger partial charge in [-0.15, -0.1) is 0 Å². The van der Waals surface area contributed by atoms with Crippen LogP contribution in [0.2, 0.25) is 0 Å². The van der Waals surface area contributed by atoms with Crippen molar-refractivity contribution in [1.29, 1.82) is 0 Å². The number of methoxy groups -OCH3 is 1. The number of ether oxygens (including phenoxy) is 1. The molecule has 1 aliphatic carbocycles. The molecule has 1 fully saturated rings. The molecule has 0 aliphatic heterocycles. The smallest absolute Gasteiger partial charge is 0.119 e. The van der Waals surface area contributed by atoms with E-state index >= 15 is 0 Å². The Bertz CT molecular complexity index is 406. The lowest BCUT2D eigenvalue weighted by atomic mass is 10.1. The van der Waals surface area contributed by atoms with Crippen LogP contribution in [0.15, 0.2) is 24.3 Å². The lowest BCUT2D eigenvalue weighted by Crippen LogP contribution is -2.33. The Balaban J connectivity index is 1.86. The fraction of sp³-hybridized carbons (Fsp3) is 0.600. The third-order valence-electron chi connectivity index (χ3n) is 3.63. The van der Waals surface area contributed by atoms with Gasteiger partial charge in [0.1, 0.15) is 5.75 Å². The Kier molecular flexibility index (Phi) is 4.80. The molecule has 2 rings (SSSR count). The zero-order valence-electron chi connectivity index (χ0n) is 11.6. The molecular formula is C15H23NO3. The summed E-state index contributed by atoms with van der Waals surface area (Å²) in [5.41, 5.74) is 0.840. The van der Waals surface area contributed by atoms with Crippen LogP contribution >= 0.6 is 0 Å². The van der Waals surface area contributed by atoms with Crippen LogP contribution in [-0.2, 0) is 0 Å². The van der Waals surface area contributed by atoms with E-state index in [1.165, 1.54) is 0 Å². The minimum absolute atomic E-state index is 0.262. The molecule has 0 amide bonds. The first-order chi connectivity index (χ1) is 9.10. The van der Waals surface area contributed by atoms with Crippen molar-refractivity contribution in [3.63, 3.8) is 0 Å². The van der Waals surface area contributed by atoms with Crippen LogP contribution in [0.1, 0.15) is 24.5 Å². The molecule has 1 aliphatic rings. The van der Waals surface area contributed by atoms with Crippen molar-refractivity contribution in [2.75, 3.05) is 27.2 Å². The summed E-state index contributed by atoms with van der Waals surface area (Å²) in [6, 6.07) is 7.46. The summed E-state index contributed by atoms with van der Waals surface area (Å²) in [6.07, 6.45) is 1.44. The summed E-state index contributed by atoms with van der Waals surface area (Å²) < 4.78 is 5.15. The van der Waals surface area contributed by atoms with E-state index < -0.39 is 6.10 Å². The van der Waals surface area contributed by atoms with Gasteiger partial charge in [0.2, 0.25) is 0 Å². The Morgan fingerprint density at radius 3 is 2.68 bits per heavy atom. The van der Waals surface area contributed by atoms with Gasteiger partial charge in [-0.05, 0) is 43.5 Å². The lowest BCUT2D eigenvalue weighted by molar-refractivity contribution is 0.0732. The normalized spacial score (nSPS) is 18.4. The van der Waals surface area contributed by atoms with Crippen LogP contribution in [-0.4, -0.2) is 48.5 Å². The zero-order valence-corrected chi connectivity index (χ0v) is 11.6. The maximum atomic E-state index is 10.2. The molecule has 0 heterocycles. The predicted octanol–water partition coefficient (Wildman–Crippen LogP) is 1.43. The van der Waals surface area contributed by atoms with E-state index in [0.29, 0.717) is 19.0 Å². The van der Waals surface area contributed by atoms with Crippen molar-refractivity contribution >= 4 is 0 Å². The summed E-state index contributed by atoms with van der Waals surface area (Å²) in [6.45, 7) is 1.13. The summed E-state index contributed by atoms with van der Waals surface area (Å²) >= 11 is 0. The second kappa shape index (κ2) is 6.37. The Hall–Kier alpha value is -1.10. The second-order valence-electron chi connectivity index (χ2n) is 5.42. The minimum atomic E-state index is -0.563. The number of hydrogen-bond acceptors (Lipinski definition) is 4. The van der Waals surface area contributed by atoms with E-state index in [4.69, 9.17) is 4.74 Å². The molecule has 4 nitrogen and oxygen atoms in total. The highest BCUT2D eigenvalue weighted by Gasteiger charge is 2.30. The van der Waals surface area contributed by atoms with Gasteiger partial charge in [0.25, 0.3) is 0 Å². The van der Waals surface area contributed by atoms with Crippen molar-refractivity contribution < 1.29 is 14.9 Å². The van der Waals surface area contributed by atoms with E-state index in [9.17, 15) is 10.2 Å². The van der Waals surface area contributed by atoms with E-state index in [-0.39, 0.29) is 6.10 Å². The first kappa shape index (κ1) is 14.3. The third-order valence-corrected chi connectivity index (χ3v) is 3.63. The highest BCUT2D eigenvalue weighted by molar-refractivity contribution is 5.29. The van der Waals surface area contributed by atoms with E-state index in [1.807, 2.05) is 36.2 Å². The highest BCUT2D eigenvalue weighted by atomic mass is 16.5. The molecule has 1 saturated carbocycles. The van der Waals surface area contributed by atoms with Gasteiger partial charge in [0.15, 0.2) is 0 Å². The minimum Gasteiger partial charge on any atom is -0.497 e. The van der Waals surface area contributed by atoms with E-state index in [2.05, 4.69) is 0 Å². The first-order valence-corrected chi connectivity index (χ1v) is 6.78. The average molecular weight is 265 g/mol. The fourth-order valence-electron chi connectivity index (χ4n) is 2.27. The molecule has 106 valence electrons. The van der Waals surface area contributed by atoms with Crippen molar-refractivity contribution in [1.82, 2.24) is 4.90 Å². The van der Waals surface area contributed by atoms with Crippen LogP contribution in [0.25, 0.3) is 0 Å². The topological polar surface area (TPSA) is 52.9 Å². The molecule has 19 heavy (non-hydrogen) atoms. The largest absolute Gasteiger partial charge is 0.497 e. The number of benzene rings is 1. The number of aliphatic hydroxyl groups is 2. The highest BCUT2D eigenvalue weighted by Crippen LogP contribution is 2.32. The van der Waals surface area contributed by atoms with Crippen LogP contribution in [0.5, 0.6) is 5.75 Å². The van der Waals surface area contributed by atoms with Crippen LogP contribution in [0, 0.1) is 5.92 Å². The average Bonchev–Trinajstić information content (AvgIpc) is 3.22. The summed E-state index contributed by atoms with van der Waals surface area (Å²) in [5, 5.41) is 20.1. The fourth-order valence-corrected chi connectivity index (χ4v) is 2.27. The van der Waals surface area contributed by atoms with Gasteiger partial charge in [-0.3, -0.25) is 0 Å². The number of likely N-dealkylation sites (N-methyl/N-ethyl adjacent to an activating group) is 1. The van der Waals surface area contributed by atoms with Gasteiger partial charge in [-0.2, -0.15) is 0 Å². The molecule has 4 heteroatoms. The number of nitrogens with zero attached hydrogens (tertiary/aromatic N) is 1. The van der Waals surface area contributed by atoms with Crippen molar-refractivity contribution in [2.45, 2.75) is 25.0 Å². The van der Waals surface area contributed by atoms with E-state index in [1.54, 1.807) is 7.11 Å². The van der Waals surface area contributed by atoms with Crippen LogP contribution in [0.3, 0.4) is 0 Å². The standard InChI is InChI=1S/C15H23NO3/c1-16(9-14(17)11-6-7-11)10-15(18)12-4-3-5-13(8-12)19-2/h3-5,8,11,14-15,17-18H,6-7,9-10H2,1-2H3. The molecule has 1 aromatic carbocycles. The molecule has 0 bridgehead atoms. The monoisotopic (exact) mass is 265 g/mol. The SMILES string of the molecule is COc1cccc(C(O)CN(C)CC(O)C2CC2)c1. The molecular weight excluding hydrogens is 242 g/mol. The van der Waals surface area contributed by atoms with Gasteiger partial charge < -0.3 is 19.8 Å². The van der Waals surface area contributed by atoms with Crippen molar-refractivity contribution in [3.8, 4) is 5.75 Å². The summed E-state index contributed by atoms with van der Waals surface area (Å²) in [5.74, 6) is 1.22. The summed E-state index contributed by atoms with van der Waals surface area (Å²) in [4.78, 5) is 1.98. The van der Waals surface area contributed by atoms with Gasteiger partial charge in [0.05, 0.1) is 19.3 Å². The van der Waals surface area contributed by atoms with Gasteiger partial charge in [0, 0.05) is 13.1 Å². The zero-order chi connectivity index (χ0) is 13.8. The number of rotatable bonds is 7. The van der Waals surface area contributed by atoms with Crippen LogP contribution < -0.4 is 4.74 Å². The molecule has 0 radical (unpaired) electrons. The lowest BCUT2D eigenvalue weighted by Gasteiger charge is -2.23. The predicted molar refractivity (Wildman–Crippen MR) is 74.2 cm³/mol. The van der Waals surface area contributed by atoms with Gasteiger partial charge >= 0.3 is 0 Å². The maximum absolute atomic E-state index is 10.2. The van der Waals surface area contributed by atoms with Crippen molar-refractivity contribution in [3.05, 3.63) is 29.8 Å². The molecule has 0 spiro atoms. The Labute approximate surface area is 114 Å². The van der Waals surface area contributed by atoms with Crippen LogP contribution in [0.4, 0.5) is 0 Å². The molecule has 0 saturated heterocycles. The van der Waals surface area contributed by atoms with Crippen molar-refractivity contribution in [2.24, 2.45) is 5.92 Å². The molecule has 2 N–H and O–H groups in total. The Morgan fingerprint density at radius 1 is 1.32 bits per heavy atom. The maximum Gasteiger partial charge on any atom is 0.119 e. The first-order valence-electron chi connectivity index (χ1n) is 6.78. The third kappa shape index (κ3) is 4.20. The second-order valence-corrected chi connectivity index (χ2v) is 5.42. The number of hydrogen-bond donors (Lipinski definition) is 2. The molecule has 1 aromatic rings. The number of aliphatic hydroxyl groups excluding tert-OH is 2. The van der Waals surface area contributed by atoms with E-state index in [0.717, 1.165) is 24.2 Å². The quantitative estimate of drug-likeness (QED) is 0.783. The molecule has 0 aromatic heterocycles. The van der Waals surface area contributed by atoms with Gasteiger partial charge in [-0.25, -0.2) is 0 Å². The summed E-state index contributed by atoms with van der Waals surface area (Å²) in [7, 11) is 3.54. The molecule has 2 atom stereocenters. The van der Waals surface area contributed by atoms with Gasteiger partial charge in [-0.1, -0.05) is 12.1 Å².